The van der Waals surface area contributed by atoms with Crippen LogP contribution in [-0.2, 0) is 27.8 Å². The second-order valence-electron chi connectivity index (χ2n) is 9.32. The number of fused-ring (bicyclic) bond motifs is 1. The number of nitriles is 1. The van der Waals surface area contributed by atoms with E-state index < -0.39 is 35.2 Å². The van der Waals surface area contributed by atoms with Crippen LogP contribution in [0.1, 0.15) is 40.3 Å². The number of nitrogen functional groups attached to an aromatic ring is 1. The van der Waals surface area contributed by atoms with E-state index in [4.69, 9.17) is 34.2 Å². The summed E-state index contributed by atoms with van der Waals surface area (Å²) in [5.41, 5.74) is 6.89. The summed E-state index contributed by atoms with van der Waals surface area (Å²) in [6.45, 7) is 12.6. The zero-order valence-electron chi connectivity index (χ0n) is 19.6. The van der Waals surface area contributed by atoms with E-state index in [1.165, 1.54) is 6.33 Å². The van der Waals surface area contributed by atoms with Crippen LogP contribution in [0, 0.1) is 17.2 Å². The maximum atomic E-state index is 11.9. The minimum Gasteiger partial charge on any atom is -0.409 e. The number of nitrogens with two attached hydrogens (primary N) is 1. The van der Waals surface area contributed by atoms with Crippen molar-refractivity contribution in [2.45, 2.75) is 70.9 Å². The van der Waals surface area contributed by atoms with Gasteiger partial charge < -0.3 is 14.9 Å². The van der Waals surface area contributed by atoms with Gasteiger partial charge in [-0.3, -0.25) is 4.57 Å². The second kappa shape index (κ2) is 10.1. The zero-order valence-corrected chi connectivity index (χ0v) is 21.5. The first-order chi connectivity index (χ1) is 15.5. The van der Waals surface area contributed by atoms with Crippen molar-refractivity contribution in [1.82, 2.24) is 19.5 Å². The van der Waals surface area contributed by atoms with E-state index in [-0.39, 0.29) is 29.8 Å². The van der Waals surface area contributed by atoms with Crippen LogP contribution in [0.5, 0.6) is 0 Å². The van der Waals surface area contributed by atoms with E-state index in [0.29, 0.717) is 11.2 Å². The average Bonchev–Trinajstić information content (AvgIpc) is 3.28. The van der Waals surface area contributed by atoms with Gasteiger partial charge in [-0.1, -0.05) is 27.7 Å². The summed E-state index contributed by atoms with van der Waals surface area (Å²) in [5, 5.41) is 8.51. The Hall–Kier alpha value is -2.04. The first kappa shape index (κ1) is 25.6. The van der Waals surface area contributed by atoms with Crippen molar-refractivity contribution >= 4 is 33.6 Å². The third-order valence-corrected chi connectivity index (χ3v) is 11.1. The van der Waals surface area contributed by atoms with Gasteiger partial charge in [-0.05, 0) is 18.1 Å². The fraction of sp³-hybridized carbons (Fsp3) is 0.684. The van der Waals surface area contributed by atoms with Crippen LogP contribution >= 0.6 is 8.25 Å². The minimum atomic E-state index is -2.57. The van der Waals surface area contributed by atoms with E-state index in [1.54, 1.807) is 10.9 Å². The molecule has 1 saturated heterocycles. The molecule has 0 aromatic carbocycles. The zero-order chi connectivity index (χ0) is 24.4. The molecule has 14 heteroatoms. The minimum absolute atomic E-state index is 0.0297. The molecule has 33 heavy (non-hydrogen) atoms. The molecule has 0 saturated carbocycles. The Morgan fingerprint density at radius 1 is 1.33 bits per heavy atom. The highest BCUT2D eigenvalue weighted by Gasteiger charge is 2.51. The predicted molar refractivity (Wildman–Crippen MR) is 121 cm³/mol. The van der Waals surface area contributed by atoms with Gasteiger partial charge in [0.15, 0.2) is 26.0 Å². The van der Waals surface area contributed by atoms with Gasteiger partial charge in [0.2, 0.25) is 6.29 Å². The van der Waals surface area contributed by atoms with Crippen molar-refractivity contribution in [3.63, 3.8) is 0 Å². The molecule has 0 bridgehead atoms. The number of hydrogen-bond donors (Lipinski definition) is 1. The van der Waals surface area contributed by atoms with Gasteiger partial charge in [-0.2, -0.15) is 10.1 Å². The average molecular weight is 498 g/mol. The van der Waals surface area contributed by atoms with Crippen molar-refractivity contribution in [3.8, 4) is 6.07 Å². The van der Waals surface area contributed by atoms with Crippen molar-refractivity contribution < 1.29 is 27.8 Å². The molecule has 180 valence electrons. The Labute approximate surface area is 194 Å². The number of ether oxygens (including phenoxy) is 1. The lowest BCUT2D eigenvalue weighted by molar-refractivity contribution is -0.327. The number of hydrogen-bond acceptors (Lipinski definition) is 11. The SMILES string of the molecule is CC1[C@@H](OO[P+](=O)OCCC#N)O[C@@H](n2cnc3c(N)ncnc32)[C@@H]1O[Si](C)(C)C(C)(C)C. The third-order valence-electron chi connectivity index (χ3n) is 6.01. The van der Waals surface area contributed by atoms with Crippen molar-refractivity contribution in [1.29, 1.82) is 5.26 Å². The molecule has 2 aromatic heterocycles. The molecule has 3 rings (SSSR count). The summed E-state index contributed by atoms with van der Waals surface area (Å²) in [7, 11) is -4.79. The summed E-state index contributed by atoms with van der Waals surface area (Å²) in [5.74, 6) is -0.0439. The summed E-state index contributed by atoms with van der Waals surface area (Å²) in [6, 6.07) is 1.89. The number of anilines is 1. The molecule has 2 unspecified atom stereocenters. The molecular formula is C19H30N6O6PSi+. The standard InChI is InChI=1S/C19H30N6O6PSi/c1-12-14(30-33(5,6)19(2,3)4)17(25-11-24-13-15(21)22-10-23-16(13)25)28-18(12)29-31-32(26)27-9-7-8-20/h10-12,14,17-18H,7,9H2,1-6H3,(H2,21,22,23)/q+1/t12?,14-,17-,18-/m1/s1. The van der Waals surface area contributed by atoms with Crippen molar-refractivity contribution in [3.05, 3.63) is 12.7 Å². The first-order valence-corrected chi connectivity index (χ1v) is 14.5. The lowest BCUT2D eigenvalue weighted by Gasteiger charge is -2.40. The number of rotatable bonds is 9. The van der Waals surface area contributed by atoms with Gasteiger partial charge >= 0.3 is 8.25 Å². The number of imidazole rings is 1. The van der Waals surface area contributed by atoms with Crippen molar-refractivity contribution in [2.24, 2.45) is 5.92 Å². The molecule has 12 nitrogen and oxygen atoms in total. The Balaban J connectivity index is 1.86. The molecule has 2 N–H and O–H groups in total. The van der Waals surface area contributed by atoms with Crippen molar-refractivity contribution in [2.75, 3.05) is 12.3 Å². The Kier molecular flexibility index (Phi) is 7.80. The van der Waals surface area contributed by atoms with Crippen LogP contribution in [0.15, 0.2) is 12.7 Å². The Morgan fingerprint density at radius 2 is 2.06 bits per heavy atom. The van der Waals surface area contributed by atoms with Gasteiger partial charge in [0.25, 0.3) is 0 Å². The summed E-state index contributed by atoms with van der Waals surface area (Å²) < 4.78 is 36.3. The molecule has 1 aliphatic heterocycles. The highest BCUT2D eigenvalue weighted by Crippen LogP contribution is 2.45. The predicted octanol–water partition coefficient (Wildman–Crippen LogP) is 3.83. The summed E-state index contributed by atoms with van der Waals surface area (Å²) in [6.07, 6.45) is 1.02. The van der Waals surface area contributed by atoms with Crippen LogP contribution in [-0.4, -0.2) is 46.8 Å². The largest absolute Gasteiger partial charge is 0.728 e. The quantitative estimate of drug-likeness (QED) is 0.176. The normalized spacial score (nSPS) is 24.2. The van der Waals surface area contributed by atoms with Gasteiger partial charge in [0.05, 0.1) is 29.6 Å². The lowest BCUT2D eigenvalue weighted by Crippen LogP contribution is -2.46. The topological polar surface area (TPSA) is 157 Å². The van der Waals surface area contributed by atoms with Gasteiger partial charge in [0.1, 0.15) is 18.5 Å². The molecule has 1 aliphatic rings. The monoisotopic (exact) mass is 497 g/mol. The van der Waals surface area contributed by atoms with Crippen LogP contribution in [0.2, 0.25) is 18.1 Å². The van der Waals surface area contributed by atoms with Gasteiger partial charge in [-0.25, -0.2) is 15.0 Å². The van der Waals surface area contributed by atoms with E-state index in [9.17, 15) is 4.57 Å². The highest BCUT2D eigenvalue weighted by molar-refractivity contribution is 7.33. The van der Waals surface area contributed by atoms with Crippen LogP contribution < -0.4 is 5.73 Å². The molecule has 0 aliphatic carbocycles. The molecule has 3 heterocycles. The van der Waals surface area contributed by atoms with Crippen LogP contribution in [0.3, 0.4) is 0 Å². The lowest BCUT2D eigenvalue weighted by atomic mass is 10.1. The molecule has 0 spiro atoms. The molecule has 2 aromatic rings. The smallest absolute Gasteiger partial charge is 0.409 e. The molecule has 1 fully saturated rings. The van der Waals surface area contributed by atoms with Crippen LogP contribution in [0.4, 0.5) is 5.82 Å². The molecule has 0 radical (unpaired) electrons. The van der Waals surface area contributed by atoms with E-state index in [0.717, 1.165) is 0 Å². The number of aromatic nitrogens is 4. The first-order valence-electron chi connectivity index (χ1n) is 10.5. The Bertz CT molecular complexity index is 1040. The molecule has 0 amide bonds. The van der Waals surface area contributed by atoms with E-state index in [1.807, 2.05) is 13.0 Å². The maximum absolute atomic E-state index is 11.9. The highest BCUT2D eigenvalue weighted by atomic mass is 31.1. The third kappa shape index (κ3) is 5.55. The van der Waals surface area contributed by atoms with Gasteiger partial charge in [0, 0.05) is 10.5 Å². The fourth-order valence-electron chi connectivity index (χ4n) is 3.09. The second-order valence-corrected chi connectivity index (χ2v) is 14.9. The summed E-state index contributed by atoms with van der Waals surface area (Å²) in [4.78, 5) is 18.0. The Morgan fingerprint density at radius 3 is 2.73 bits per heavy atom. The maximum Gasteiger partial charge on any atom is 0.728 e. The fourth-order valence-corrected chi connectivity index (χ4v) is 4.89. The van der Waals surface area contributed by atoms with Crippen LogP contribution in [0.25, 0.3) is 11.2 Å². The van der Waals surface area contributed by atoms with E-state index in [2.05, 4.69) is 48.8 Å². The molecular weight excluding hydrogens is 467 g/mol. The summed E-state index contributed by atoms with van der Waals surface area (Å²) >= 11 is 0. The van der Waals surface area contributed by atoms with E-state index >= 15 is 0 Å². The van der Waals surface area contributed by atoms with Gasteiger partial charge in [-0.15, -0.1) is 4.52 Å². The number of nitrogens with zero attached hydrogens (tertiary/aromatic N) is 5. The molecule has 5 atom stereocenters.